The Balaban J connectivity index is 2.02. The Morgan fingerprint density at radius 2 is 1.67 bits per heavy atom. The molecule has 107 valence electrons. The molecule has 3 rings (SSSR count). The van der Waals surface area contributed by atoms with Crippen LogP contribution in [0.25, 0.3) is 0 Å². The fraction of sp³-hybridized carbons (Fsp3) is 0.188. The highest BCUT2D eigenvalue weighted by Gasteiger charge is 2.50. The van der Waals surface area contributed by atoms with E-state index in [0.717, 1.165) is 0 Å². The van der Waals surface area contributed by atoms with Crippen LogP contribution in [0.2, 0.25) is 0 Å². The summed E-state index contributed by atoms with van der Waals surface area (Å²) in [6, 6.07) is 12.4. The maximum Gasteiger partial charge on any atom is 0.304 e. The lowest BCUT2D eigenvalue weighted by molar-refractivity contribution is -0.132. The van der Waals surface area contributed by atoms with E-state index in [-0.39, 0.29) is 5.56 Å². The first kappa shape index (κ1) is 13.5. The molecule has 0 spiro atoms. The van der Waals surface area contributed by atoms with E-state index in [9.17, 15) is 13.6 Å². The van der Waals surface area contributed by atoms with Gasteiger partial charge in [-0.15, -0.1) is 0 Å². The number of anilines is 1. The van der Waals surface area contributed by atoms with Crippen molar-refractivity contribution >= 4 is 17.3 Å². The number of fused-ring (bicyclic) bond motifs is 1. The minimum absolute atomic E-state index is 0.208. The topological polar surface area (TPSA) is 34.4 Å². The molecule has 0 fully saturated rings. The Hall–Kier alpha value is -2.43. The van der Waals surface area contributed by atoms with Gasteiger partial charge in [0.1, 0.15) is 0 Å². The average Bonchev–Trinajstić information content (AvgIpc) is 2.51. The van der Waals surface area contributed by atoms with Gasteiger partial charge in [0.25, 0.3) is 5.91 Å². The van der Waals surface area contributed by atoms with Crippen molar-refractivity contribution in [1.82, 2.24) is 5.32 Å². The maximum absolute atomic E-state index is 14.6. The fourth-order valence-electron chi connectivity index (χ4n) is 2.41. The van der Waals surface area contributed by atoms with Crippen LogP contribution in [0.3, 0.4) is 0 Å². The minimum Gasteiger partial charge on any atom is -0.311 e. The SMILES string of the molecule is CN1C(=O)[C@H](C(F)(F)c2ccccc2)[N]c2ccccc21. The van der Waals surface area contributed by atoms with Crippen LogP contribution in [0.4, 0.5) is 20.2 Å². The van der Waals surface area contributed by atoms with Gasteiger partial charge in [-0.3, -0.25) is 10.1 Å². The van der Waals surface area contributed by atoms with Crippen LogP contribution < -0.4 is 10.2 Å². The van der Waals surface area contributed by atoms with Gasteiger partial charge in [-0.25, -0.2) is 0 Å². The molecular weight excluding hydrogens is 274 g/mol. The number of nitrogens with zero attached hydrogens (tertiary/aromatic N) is 2. The van der Waals surface area contributed by atoms with Gasteiger partial charge in [-0.05, 0) is 12.1 Å². The number of carbonyl (C=O) groups is 1. The highest BCUT2D eigenvalue weighted by Crippen LogP contribution is 2.39. The summed E-state index contributed by atoms with van der Waals surface area (Å²) < 4.78 is 29.2. The zero-order valence-electron chi connectivity index (χ0n) is 11.3. The Bertz CT molecular complexity index is 673. The second-order valence-electron chi connectivity index (χ2n) is 4.91. The number of alkyl halides is 2. The summed E-state index contributed by atoms with van der Waals surface area (Å²) in [7, 11) is 1.49. The number of hydrogen-bond donors (Lipinski definition) is 0. The molecule has 2 aromatic rings. The third kappa shape index (κ3) is 2.14. The van der Waals surface area contributed by atoms with E-state index in [1.807, 2.05) is 0 Å². The summed E-state index contributed by atoms with van der Waals surface area (Å²) in [5, 5.41) is 3.98. The molecule has 3 nitrogen and oxygen atoms in total. The largest absolute Gasteiger partial charge is 0.311 e. The van der Waals surface area contributed by atoms with Crippen LogP contribution in [0, 0.1) is 0 Å². The third-order valence-electron chi connectivity index (χ3n) is 3.58. The van der Waals surface area contributed by atoms with Crippen molar-refractivity contribution in [3.8, 4) is 0 Å². The van der Waals surface area contributed by atoms with Gasteiger partial charge in [0.15, 0.2) is 6.04 Å². The molecule has 1 aliphatic rings. The molecule has 0 saturated heterocycles. The molecule has 1 radical (unpaired) electrons. The van der Waals surface area contributed by atoms with Crippen molar-refractivity contribution in [1.29, 1.82) is 0 Å². The molecule has 1 amide bonds. The molecule has 1 atom stereocenters. The Morgan fingerprint density at radius 3 is 2.38 bits per heavy atom. The highest BCUT2D eigenvalue weighted by molar-refractivity contribution is 6.02. The summed E-state index contributed by atoms with van der Waals surface area (Å²) in [4.78, 5) is 13.5. The minimum atomic E-state index is -3.35. The number of carbonyl (C=O) groups excluding carboxylic acids is 1. The first-order valence-corrected chi connectivity index (χ1v) is 6.52. The van der Waals surface area contributed by atoms with E-state index in [2.05, 4.69) is 5.32 Å². The van der Waals surface area contributed by atoms with Gasteiger partial charge < -0.3 is 4.90 Å². The van der Waals surface area contributed by atoms with Gasteiger partial charge in [0.05, 0.1) is 11.4 Å². The van der Waals surface area contributed by atoms with Crippen molar-refractivity contribution in [2.45, 2.75) is 12.0 Å². The van der Waals surface area contributed by atoms with Crippen LogP contribution in [-0.2, 0) is 10.7 Å². The molecule has 0 N–H and O–H groups in total. The van der Waals surface area contributed by atoms with Gasteiger partial charge in [0.2, 0.25) is 0 Å². The second-order valence-corrected chi connectivity index (χ2v) is 4.91. The van der Waals surface area contributed by atoms with Crippen molar-refractivity contribution in [2.75, 3.05) is 11.9 Å². The van der Waals surface area contributed by atoms with Gasteiger partial charge in [-0.1, -0.05) is 42.5 Å². The molecule has 0 saturated carbocycles. The van der Waals surface area contributed by atoms with E-state index in [1.54, 1.807) is 30.3 Å². The molecule has 1 heterocycles. The third-order valence-corrected chi connectivity index (χ3v) is 3.58. The van der Waals surface area contributed by atoms with Crippen LogP contribution >= 0.6 is 0 Å². The van der Waals surface area contributed by atoms with Crippen molar-refractivity contribution < 1.29 is 13.6 Å². The number of likely N-dealkylation sites (N-methyl/N-ethyl adjacent to an activating group) is 1. The van der Waals surface area contributed by atoms with Crippen LogP contribution in [-0.4, -0.2) is 19.0 Å². The number of rotatable bonds is 2. The lowest BCUT2D eigenvalue weighted by atomic mass is 9.97. The van der Waals surface area contributed by atoms with Crippen LogP contribution in [0.15, 0.2) is 54.6 Å². The highest BCUT2D eigenvalue weighted by atomic mass is 19.3. The summed E-state index contributed by atoms with van der Waals surface area (Å²) in [5.74, 6) is -4.05. The predicted octanol–water partition coefficient (Wildman–Crippen LogP) is 3.06. The first-order chi connectivity index (χ1) is 10.0. The molecule has 0 aliphatic carbocycles. The molecule has 0 bridgehead atoms. The monoisotopic (exact) mass is 287 g/mol. The first-order valence-electron chi connectivity index (χ1n) is 6.52. The second kappa shape index (κ2) is 4.84. The number of hydrogen-bond acceptors (Lipinski definition) is 1. The van der Waals surface area contributed by atoms with Gasteiger partial charge in [0, 0.05) is 12.6 Å². The van der Waals surface area contributed by atoms with E-state index in [4.69, 9.17) is 0 Å². The molecule has 0 aromatic heterocycles. The van der Waals surface area contributed by atoms with Crippen LogP contribution in [0.1, 0.15) is 5.56 Å². The molecule has 5 heteroatoms. The zero-order chi connectivity index (χ0) is 15.0. The standard InChI is InChI=1S/C16H13F2N2O/c1-20-13-10-6-5-9-12(13)19-14(15(20)21)16(17,18)11-7-3-2-4-8-11/h2-10,14H,1H3/t14-/m1/s1. The molecule has 2 aromatic carbocycles. The number of benzene rings is 2. The Labute approximate surface area is 121 Å². The maximum atomic E-state index is 14.6. The fourth-order valence-corrected chi connectivity index (χ4v) is 2.41. The molecule has 1 aliphatic heterocycles. The van der Waals surface area contributed by atoms with Crippen molar-refractivity contribution in [3.63, 3.8) is 0 Å². The van der Waals surface area contributed by atoms with Crippen molar-refractivity contribution in [3.05, 3.63) is 60.2 Å². The van der Waals surface area contributed by atoms with Gasteiger partial charge >= 0.3 is 5.92 Å². The predicted molar refractivity (Wildman–Crippen MR) is 75.8 cm³/mol. The van der Waals surface area contributed by atoms with Gasteiger partial charge in [-0.2, -0.15) is 8.78 Å². The number of halogens is 2. The van der Waals surface area contributed by atoms with Crippen LogP contribution in [0.5, 0.6) is 0 Å². The zero-order valence-corrected chi connectivity index (χ0v) is 11.3. The Kier molecular flexibility index (Phi) is 3.12. The quantitative estimate of drug-likeness (QED) is 0.836. The van der Waals surface area contributed by atoms with E-state index >= 15 is 0 Å². The molecule has 0 unspecified atom stereocenters. The summed E-state index contributed by atoms with van der Waals surface area (Å²) in [6.45, 7) is 0. The summed E-state index contributed by atoms with van der Waals surface area (Å²) in [6.07, 6.45) is 0. The number of para-hydroxylation sites is 2. The summed E-state index contributed by atoms with van der Waals surface area (Å²) >= 11 is 0. The molecule has 21 heavy (non-hydrogen) atoms. The lowest BCUT2D eigenvalue weighted by Crippen LogP contribution is -2.52. The van der Waals surface area contributed by atoms with E-state index in [0.29, 0.717) is 11.4 Å². The lowest BCUT2D eigenvalue weighted by Gasteiger charge is -2.35. The van der Waals surface area contributed by atoms with E-state index < -0.39 is 17.9 Å². The number of amides is 1. The normalized spacial score (nSPS) is 18.1. The smallest absolute Gasteiger partial charge is 0.304 e. The Morgan fingerprint density at radius 1 is 1.05 bits per heavy atom. The van der Waals surface area contributed by atoms with E-state index in [1.165, 1.54) is 36.2 Å². The van der Waals surface area contributed by atoms with Crippen molar-refractivity contribution in [2.24, 2.45) is 0 Å². The average molecular weight is 287 g/mol. The molecular formula is C16H13F2N2O. The summed E-state index contributed by atoms with van der Waals surface area (Å²) in [5.41, 5.74) is 0.739.